The summed E-state index contributed by atoms with van der Waals surface area (Å²) < 4.78 is 0.999. The number of ketones is 1. The van der Waals surface area contributed by atoms with Crippen LogP contribution in [-0.2, 0) is 0 Å². The van der Waals surface area contributed by atoms with E-state index in [1.54, 1.807) is 11.3 Å². The molecule has 4 aliphatic rings. The Bertz CT molecular complexity index is 572. The number of carbonyl (C=O) groups is 1. The largest absolute Gasteiger partial charge is 0.293 e. The third-order valence-electron chi connectivity index (χ3n) is 5.97. The highest BCUT2D eigenvalue weighted by Gasteiger charge is 2.62. The molecule has 1 heterocycles. The molecule has 20 heavy (non-hydrogen) atoms. The Hall–Kier alpha value is -0.150. The van der Waals surface area contributed by atoms with E-state index in [4.69, 9.17) is 0 Å². The molecule has 1 nitrogen and oxygen atoms in total. The van der Waals surface area contributed by atoms with E-state index in [1.165, 1.54) is 19.3 Å². The average molecular weight is 353 g/mol. The van der Waals surface area contributed by atoms with Crippen LogP contribution in [-0.4, -0.2) is 5.78 Å². The summed E-state index contributed by atoms with van der Waals surface area (Å²) in [5, 5.41) is 4.08. The van der Waals surface area contributed by atoms with Crippen LogP contribution in [0.1, 0.15) is 62.7 Å². The molecule has 2 unspecified atom stereocenters. The Morgan fingerprint density at radius 3 is 2.30 bits per heavy atom. The number of rotatable bonds is 2. The molecule has 0 saturated heterocycles. The Morgan fingerprint density at radius 1 is 1.15 bits per heavy atom. The van der Waals surface area contributed by atoms with E-state index in [2.05, 4.69) is 29.8 Å². The van der Waals surface area contributed by atoms with E-state index >= 15 is 0 Å². The van der Waals surface area contributed by atoms with Crippen molar-refractivity contribution >= 4 is 33.0 Å². The summed E-state index contributed by atoms with van der Waals surface area (Å²) in [5.74, 6) is 1.20. The zero-order valence-electron chi connectivity index (χ0n) is 12.2. The second-order valence-corrected chi connectivity index (χ2v) is 9.97. The molecule has 1 aromatic rings. The van der Waals surface area contributed by atoms with Crippen molar-refractivity contribution in [2.24, 2.45) is 22.2 Å². The van der Waals surface area contributed by atoms with E-state index in [9.17, 15) is 4.79 Å². The first-order chi connectivity index (χ1) is 9.33. The van der Waals surface area contributed by atoms with E-state index < -0.39 is 0 Å². The molecule has 1 aromatic heterocycles. The van der Waals surface area contributed by atoms with E-state index in [1.807, 2.05) is 10.8 Å². The molecule has 108 valence electrons. The lowest BCUT2D eigenvalue weighted by Crippen LogP contribution is -2.57. The summed E-state index contributed by atoms with van der Waals surface area (Å²) >= 11 is 5.19. The van der Waals surface area contributed by atoms with Gasteiger partial charge in [-0.15, -0.1) is 0 Å². The minimum absolute atomic E-state index is 0.0630. The molecular weight excluding hydrogens is 332 g/mol. The minimum Gasteiger partial charge on any atom is -0.293 e. The SMILES string of the molecule is CC12CC3CC(C)(C1)CC(C(=O)c1cscc1Br)(C3)C2. The number of hydrogen-bond donors (Lipinski definition) is 0. The van der Waals surface area contributed by atoms with Gasteiger partial charge in [-0.1, -0.05) is 13.8 Å². The molecule has 5 rings (SSSR count). The lowest BCUT2D eigenvalue weighted by molar-refractivity contribution is -0.125. The molecule has 0 aromatic carbocycles. The molecule has 4 bridgehead atoms. The van der Waals surface area contributed by atoms with E-state index in [-0.39, 0.29) is 5.41 Å². The lowest BCUT2D eigenvalue weighted by Gasteiger charge is -2.64. The smallest absolute Gasteiger partial charge is 0.171 e. The fourth-order valence-corrected chi connectivity index (χ4v) is 7.88. The van der Waals surface area contributed by atoms with Gasteiger partial charge in [0.05, 0.1) is 0 Å². The summed E-state index contributed by atoms with van der Waals surface area (Å²) in [5.41, 5.74) is 1.69. The van der Waals surface area contributed by atoms with Crippen molar-refractivity contribution in [2.45, 2.75) is 52.4 Å². The normalized spacial score (nSPS) is 45.9. The van der Waals surface area contributed by atoms with Gasteiger partial charge in [-0.3, -0.25) is 4.79 Å². The van der Waals surface area contributed by atoms with Crippen molar-refractivity contribution in [1.82, 2.24) is 0 Å². The van der Waals surface area contributed by atoms with Gasteiger partial charge >= 0.3 is 0 Å². The van der Waals surface area contributed by atoms with Gasteiger partial charge in [-0.2, -0.15) is 11.3 Å². The molecule has 0 aliphatic heterocycles. The van der Waals surface area contributed by atoms with Gasteiger partial charge in [0, 0.05) is 26.2 Å². The summed E-state index contributed by atoms with van der Waals surface area (Å²) in [6.07, 6.45) is 7.40. The zero-order valence-corrected chi connectivity index (χ0v) is 14.6. The van der Waals surface area contributed by atoms with Crippen LogP contribution in [0.15, 0.2) is 15.2 Å². The Labute approximate surface area is 133 Å². The minimum atomic E-state index is -0.0630. The van der Waals surface area contributed by atoms with Gasteiger partial charge < -0.3 is 0 Å². The van der Waals surface area contributed by atoms with Gasteiger partial charge in [0.2, 0.25) is 0 Å². The Morgan fingerprint density at radius 2 is 1.80 bits per heavy atom. The molecule has 0 spiro atoms. The number of Topliss-reactive ketones (excluding diaryl/α,β-unsaturated/α-hetero) is 1. The van der Waals surface area contributed by atoms with Gasteiger partial charge in [0.1, 0.15) is 0 Å². The lowest BCUT2D eigenvalue weighted by atomic mass is 9.39. The molecule has 0 radical (unpaired) electrons. The van der Waals surface area contributed by atoms with Crippen LogP contribution in [0.3, 0.4) is 0 Å². The van der Waals surface area contributed by atoms with Gasteiger partial charge in [0.15, 0.2) is 5.78 Å². The van der Waals surface area contributed by atoms with Gasteiger partial charge in [-0.25, -0.2) is 0 Å². The molecular formula is C17H21BrOS. The van der Waals surface area contributed by atoms with Gasteiger partial charge in [-0.05, 0) is 71.2 Å². The fraction of sp³-hybridized carbons (Fsp3) is 0.706. The van der Waals surface area contributed by atoms with Crippen molar-refractivity contribution < 1.29 is 4.79 Å². The van der Waals surface area contributed by atoms with Crippen molar-refractivity contribution in [3.05, 3.63) is 20.8 Å². The monoisotopic (exact) mass is 352 g/mol. The van der Waals surface area contributed by atoms with E-state index in [0.717, 1.165) is 35.2 Å². The van der Waals surface area contributed by atoms with Crippen LogP contribution in [0.4, 0.5) is 0 Å². The number of carbonyl (C=O) groups excluding carboxylic acids is 1. The second-order valence-electron chi connectivity index (χ2n) is 8.37. The van der Waals surface area contributed by atoms with Crippen LogP contribution in [0.25, 0.3) is 0 Å². The second kappa shape index (κ2) is 3.98. The highest BCUT2D eigenvalue weighted by Crippen LogP contribution is 2.70. The molecule has 2 atom stereocenters. The highest BCUT2D eigenvalue weighted by molar-refractivity contribution is 9.10. The van der Waals surface area contributed by atoms with Gasteiger partial charge in [0.25, 0.3) is 0 Å². The Balaban J connectivity index is 1.78. The third-order valence-corrected chi connectivity index (χ3v) is 7.67. The maximum atomic E-state index is 13.2. The first-order valence-electron chi connectivity index (χ1n) is 7.60. The van der Waals surface area contributed by atoms with Crippen LogP contribution in [0.2, 0.25) is 0 Å². The first kappa shape index (κ1) is 13.5. The fourth-order valence-electron chi connectivity index (χ4n) is 6.43. The quantitative estimate of drug-likeness (QED) is 0.624. The van der Waals surface area contributed by atoms with E-state index in [0.29, 0.717) is 16.6 Å². The van der Waals surface area contributed by atoms with Crippen LogP contribution in [0.5, 0.6) is 0 Å². The maximum Gasteiger partial charge on any atom is 0.171 e. The van der Waals surface area contributed by atoms with Crippen molar-refractivity contribution in [2.75, 3.05) is 0 Å². The van der Waals surface area contributed by atoms with Crippen LogP contribution in [0, 0.1) is 22.2 Å². The predicted molar refractivity (Wildman–Crippen MR) is 86.2 cm³/mol. The highest BCUT2D eigenvalue weighted by atomic mass is 79.9. The van der Waals surface area contributed by atoms with Crippen LogP contribution >= 0.6 is 27.3 Å². The average Bonchev–Trinajstić information content (AvgIpc) is 2.69. The topological polar surface area (TPSA) is 17.1 Å². The number of hydrogen-bond acceptors (Lipinski definition) is 2. The maximum absolute atomic E-state index is 13.2. The van der Waals surface area contributed by atoms with Crippen molar-refractivity contribution in [3.8, 4) is 0 Å². The van der Waals surface area contributed by atoms with Crippen LogP contribution < -0.4 is 0 Å². The summed E-state index contributed by atoms with van der Waals surface area (Å²) in [4.78, 5) is 13.2. The molecule has 0 N–H and O–H groups in total. The standard InChI is InChI=1S/C17H21BrOS/c1-15-3-11-4-16(2,8-15)10-17(5-11,9-15)14(19)12-6-20-7-13(12)18/h6-7,11H,3-5,8-10H2,1-2H3. The Kier molecular flexibility index (Phi) is 2.69. The summed E-state index contributed by atoms with van der Waals surface area (Å²) in [7, 11) is 0. The third kappa shape index (κ3) is 1.81. The number of halogens is 1. The zero-order chi connectivity index (χ0) is 14.2. The van der Waals surface area contributed by atoms with Crippen molar-refractivity contribution in [3.63, 3.8) is 0 Å². The number of thiophene rings is 1. The summed E-state index contributed by atoms with van der Waals surface area (Å²) in [6, 6.07) is 0. The first-order valence-corrected chi connectivity index (χ1v) is 9.33. The molecule has 4 fully saturated rings. The molecule has 0 amide bonds. The molecule has 4 saturated carbocycles. The molecule has 4 aliphatic carbocycles. The predicted octanol–water partition coefficient (Wildman–Crippen LogP) is 5.69. The van der Waals surface area contributed by atoms with Crippen molar-refractivity contribution in [1.29, 1.82) is 0 Å². The molecule has 3 heteroatoms. The summed E-state index contributed by atoms with van der Waals surface area (Å²) in [6.45, 7) is 4.86.